The summed E-state index contributed by atoms with van der Waals surface area (Å²) in [5.74, 6) is 2.40. The van der Waals surface area contributed by atoms with Gasteiger partial charge >= 0.3 is 6.09 Å². The van der Waals surface area contributed by atoms with Crippen molar-refractivity contribution in [3.05, 3.63) is 48.2 Å². The molecule has 0 unspecified atom stereocenters. The molecule has 1 fully saturated rings. The molecule has 1 aromatic heterocycles. The molecule has 0 N–H and O–H groups in total. The molecule has 0 radical (unpaired) electrons. The molecule has 2 aromatic rings. The Hall–Kier alpha value is -2.45. The molecular weight excluding hydrogens is 438 g/mol. The van der Waals surface area contributed by atoms with Crippen LogP contribution in [0.2, 0.25) is 0 Å². The molecule has 3 rings (SSSR count). The summed E-state index contributed by atoms with van der Waals surface area (Å²) in [5, 5.41) is 0. The number of aromatic nitrogens is 1. The molecule has 8 heteroatoms. The molecule has 7 nitrogen and oxygen atoms in total. The van der Waals surface area contributed by atoms with Crippen molar-refractivity contribution in [1.82, 2.24) is 14.8 Å². The van der Waals surface area contributed by atoms with Gasteiger partial charge in [-0.15, -0.1) is 11.8 Å². The monoisotopic (exact) mass is 473 g/mol. The number of hydrogen-bond donors (Lipinski definition) is 0. The lowest BCUT2D eigenvalue weighted by Crippen LogP contribution is -2.50. The Morgan fingerprint density at radius 1 is 1.06 bits per heavy atom. The number of thioether (sulfide) groups is 1. The van der Waals surface area contributed by atoms with Gasteiger partial charge in [0.2, 0.25) is 5.88 Å². The van der Waals surface area contributed by atoms with E-state index < -0.39 is 5.60 Å². The zero-order chi connectivity index (χ0) is 23.7. The Morgan fingerprint density at radius 2 is 1.79 bits per heavy atom. The van der Waals surface area contributed by atoms with Crippen molar-refractivity contribution in [3.63, 3.8) is 0 Å². The van der Waals surface area contributed by atoms with Gasteiger partial charge in [-0.05, 0) is 51.0 Å². The molecule has 1 aromatic carbocycles. The molecule has 1 aliphatic rings. The van der Waals surface area contributed by atoms with Gasteiger partial charge in [0.05, 0.1) is 13.7 Å². The number of methoxy groups -OCH3 is 1. The van der Waals surface area contributed by atoms with Gasteiger partial charge in [-0.1, -0.05) is 12.1 Å². The summed E-state index contributed by atoms with van der Waals surface area (Å²) < 4.78 is 16.5. The summed E-state index contributed by atoms with van der Waals surface area (Å²) in [5.41, 5.74) is 0.792. The highest BCUT2D eigenvalue weighted by atomic mass is 32.2. The van der Waals surface area contributed by atoms with E-state index in [1.165, 1.54) is 5.56 Å². The van der Waals surface area contributed by atoms with Crippen LogP contribution in [0.15, 0.2) is 47.5 Å². The lowest BCUT2D eigenvalue weighted by molar-refractivity contribution is 0.0142. The standard InChI is InChI=1S/C25H35N3O4S/c1-25(2,3)32-24(29)28-15-13-27(14-16-28)12-5-17-31-23-11-10-22(18-26-23)33-19-20-6-8-21(30-4)9-7-20/h6-11,18H,5,12-17,19H2,1-4H3. The summed E-state index contributed by atoms with van der Waals surface area (Å²) in [6, 6.07) is 12.1. The molecule has 180 valence electrons. The van der Waals surface area contributed by atoms with Crippen molar-refractivity contribution in [3.8, 4) is 11.6 Å². The zero-order valence-electron chi connectivity index (χ0n) is 20.1. The molecule has 0 bridgehead atoms. The average molecular weight is 474 g/mol. The number of ether oxygens (including phenoxy) is 3. The molecule has 0 spiro atoms. The zero-order valence-corrected chi connectivity index (χ0v) is 20.9. The van der Waals surface area contributed by atoms with E-state index in [0.717, 1.165) is 42.5 Å². The molecule has 1 saturated heterocycles. The summed E-state index contributed by atoms with van der Waals surface area (Å²) in [4.78, 5) is 21.8. The number of rotatable bonds is 9. The van der Waals surface area contributed by atoms with Crippen LogP contribution >= 0.6 is 11.8 Å². The second kappa shape index (κ2) is 12.1. The topological polar surface area (TPSA) is 64.1 Å². The minimum Gasteiger partial charge on any atom is -0.497 e. The Balaban J connectivity index is 1.30. The normalized spacial score (nSPS) is 14.7. The predicted octanol–water partition coefficient (Wildman–Crippen LogP) is 4.70. The van der Waals surface area contributed by atoms with E-state index >= 15 is 0 Å². The average Bonchev–Trinajstić information content (AvgIpc) is 2.81. The van der Waals surface area contributed by atoms with Crippen LogP contribution in [0.4, 0.5) is 4.79 Å². The number of amides is 1. The van der Waals surface area contributed by atoms with Crippen molar-refractivity contribution >= 4 is 17.9 Å². The fraction of sp³-hybridized carbons (Fsp3) is 0.520. The van der Waals surface area contributed by atoms with Crippen molar-refractivity contribution in [2.45, 2.75) is 43.4 Å². The molecule has 0 aliphatic carbocycles. The van der Waals surface area contributed by atoms with E-state index in [1.807, 2.05) is 51.2 Å². The largest absolute Gasteiger partial charge is 0.497 e. The van der Waals surface area contributed by atoms with Crippen LogP contribution < -0.4 is 9.47 Å². The molecule has 2 heterocycles. The third-order valence-corrected chi connectivity index (χ3v) is 6.22. The highest BCUT2D eigenvalue weighted by Gasteiger charge is 2.25. The van der Waals surface area contributed by atoms with Crippen LogP contribution in [0.3, 0.4) is 0 Å². The van der Waals surface area contributed by atoms with Gasteiger partial charge < -0.3 is 19.1 Å². The summed E-state index contributed by atoms with van der Waals surface area (Å²) in [6.45, 7) is 10.4. The van der Waals surface area contributed by atoms with E-state index in [9.17, 15) is 4.79 Å². The van der Waals surface area contributed by atoms with Crippen molar-refractivity contribution in [2.75, 3.05) is 46.4 Å². The predicted molar refractivity (Wildman–Crippen MR) is 131 cm³/mol. The minimum atomic E-state index is -0.451. The van der Waals surface area contributed by atoms with Gasteiger partial charge in [-0.3, -0.25) is 4.90 Å². The first-order valence-electron chi connectivity index (χ1n) is 11.4. The van der Waals surface area contributed by atoms with Gasteiger partial charge in [0.25, 0.3) is 0 Å². The Labute approximate surface area is 201 Å². The fourth-order valence-corrected chi connectivity index (χ4v) is 4.19. The fourth-order valence-electron chi connectivity index (χ4n) is 3.37. The third-order valence-electron chi connectivity index (χ3n) is 5.17. The van der Waals surface area contributed by atoms with E-state index in [-0.39, 0.29) is 6.09 Å². The Morgan fingerprint density at radius 3 is 2.39 bits per heavy atom. The number of nitrogens with zero attached hydrogens (tertiary/aromatic N) is 3. The summed E-state index contributed by atoms with van der Waals surface area (Å²) in [7, 11) is 1.67. The lowest BCUT2D eigenvalue weighted by atomic mass is 10.2. The van der Waals surface area contributed by atoms with Crippen molar-refractivity contribution < 1.29 is 19.0 Å². The van der Waals surface area contributed by atoms with Crippen LogP contribution in [-0.2, 0) is 10.5 Å². The minimum absolute atomic E-state index is 0.220. The van der Waals surface area contributed by atoms with E-state index in [2.05, 4.69) is 22.0 Å². The first-order chi connectivity index (χ1) is 15.8. The van der Waals surface area contributed by atoms with Crippen LogP contribution in [0.1, 0.15) is 32.8 Å². The molecular formula is C25H35N3O4S. The lowest BCUT2D eigenvalue weighted by Gasteiger charge is -2.35. The van der Waals surface area contributed by atoms with E-state index in [1.54, 1.807) is 23.8 Å². The van der Waals surface area contributed by atoms with Crippen LogP contribution in [0.25, 0.3) is 0 Å². The molecule has 33 heavy (non-hydrogen) atoms. The van der Waals surface area contributed by atoms with Gasteiger partial charge in [0.15, 0.2) is 0 Å². The van der Waals surface area contributed by atoms with Crippen molar-refractivity contribution in [1.29, 1.82) is 0 Å². The number of benzene rings is 1. The first kappa shape index (κ1) is 25.2. The second-order valence-corrected chi connectivity index (χ2v) is 10.0. The number of hydrogen-bond acceptors (Lipinski definition) is 7. The SMILES string of the molecule is COc1ccc(CSc2ccc(OCCCN3CCN(C(=O)OC(C)(C)C)CC3)nc2)cc1. The van der Waals surface area contributed by atoms with Crippen LogP contribution in [-0.4, -0.2) is 72.9 Å². The van der Waals surface area contributed by atoms with Crippen LogP contribution in [0, 0.1) is 0 Å². The molecule has 0 atom stereocenters. The van der Waals surface area contributed by atoms with Gasteiger partial charge in [0.1, 0.15) is 11.4 Å². The number of piperazine rings is 1. The molecule has 0 saturated carbocycles. The number of carbonyl (C=O) groups is 1. The maximum Gasteiger partial charge on any atom is 0.410 e. The second-order valence-electron chi connectivity index (χ2n) is 8.98. The Bertz CT molecular complexity index is 861. The first-order valence-corrected chi connectivity index (χ1v) is 12.4. The Kier molecular flexibility index (Phi) is 9.26. The maximum atomic E-state index is 12.2. The summed E-state index contributed by atoms with van der Waals surface area (Å²) >= 11 is 1.75. The smallest absolute Gasteiger partial charge is 0.410 e. The van der Waals surface area contributed by atoms with E-state index in [0.29, 0.717) is 25.6 Å². The maximum absolute atomic E-state index is 12.2. The van der Waals surface area contributed by atoms with Crippen molar-refractivity contribution in [2.24, 2.45) is 0 Å². The third kappa shape index (κ3) is 8.78. The highest BCUT2D eigenvalue weighted by Crippen LogP contribution is 2.24. The van der Waals surface area contributed by atoms with Crippen LogP contribution in [0.5, 0.6) is 11.6 Å². The summed E-state index contributed by atoms with van der Waals surface area (Å²) in [6.07, 6.45) is 2.56. The van der Waals surface area contributed by atoms with Gasteiger partial charge in [-0.2, -0.15) is 0 Å². The molecule has 1 amide bonds. The van der Waals surface area contributed by atoms with Gasteiger partial charge in [0, 0.05) is 55.6 Å². The quantitative estimate of drug-likeness (QED) is 0.386. The number of pyridine rings is 1. The number of carbonyl (C=O) groups excluding carboxylic acids is 1. The van der Waals surface area contributed by atoms with E-state index in [4.69, 9.17) is 14.2 Å². The van der Waals surface area contributed by atoms with Gasteiger partial charge in [-0.25, -0.2) is 9.78 Å². The highest BCUT2D eigenvalue weighted by molar-refractivity contribution is 7.98. The molecule has 1 aliphatic heterocycles.